The van der Waals surface area contributed by atoms with Crippen molar-refractivity contribution in [3.63, 3.8) is 0 Å². The summed E-state index contributed by atoms with van der Waals surface area (Å²) < 4.78 is 2.16. The summed E-state index contributed by atoms with van der Waals surface area (Å²) in [5, 5.41) is 0. The Morgan fingerprint density at radius 3 is 2.21 bits per heavy atom. The lowest BCUT2D eigenvalue weighted by atomic mass is 10.1. The number of nitrogens with zero attached hydrogens (tertiary/aromatic N) is 1. The highest BCUT2D eigenvalue weighted by molar-refractivity contribution is 7.99. The van der Waals surface area contributed by atoms with Gasteiger partial charge in [0.1, 0.15) is 6.61 Å². The Kier molecular flexibility index (Phi) is 7.88. The topological polar surface area (TPSA) is 14.2 Å². The minimum absolute atomic E-state index is 0.597. The molecule has 0 atom stereocenters. The normalized spacial score (nSPS) is 11.0. The Balaban J connectivity index is 2.00. The van der Waals surface area contributed by atoms with Crippen LogP contribution < -0.4 is 4.84 Å². The molecule has 0 saturated carbocycles. The fraction of sp³-hybridized carbons (Fsp3) is 0.385. The smallest absolute Gasteiger partial charge is 0.140 e. The Labute approximate surface area is 180 Å². The maximum Gasteiger partial charge on any atom is 0.140 e. The summed E-state index contributed by atoms with van der Waals surface area (Å²) in [6.45, 7) is 9.49. The van der Waals surface area contributed by atoms with Gasteiger partial charge in [-0.25, -0.2) is 0 Å². The number of hydrogen-bond donors (Lipinski definition) is 0. The fourth-order valence-corrected chi connectivity index (χ4v) is 4.87. The Hall–Kier alpha value is -2.13. The van der Waals surface area contributed by atoms with E-state index in [9.17, 15) is 0 Å². The van der Waals surface area contributed by atoms with Crippen LogP contribution in [0.1, 0.15) is 61.7 Å². The third kappa shape index (κ3) is 5.27. The van der Waals surface area contributed by atoms with E-state index < -0.39 is 0 Å². The molecular weight excluding hydrogens is 374 g/mol. The largest absolute Gasteiger partial charge is 0.409 e. The van der Waals surface area contributed by atoms with Gasteiger partial charge in [-0.3, -0.25) is 0 Å². The van der Waals surface area contributed by atoms with E-state index in [1.165, 1.54) is 50.7 Å². The van der Waals surface area contributed by atoms with Gasteiger partial charge in [0.15, 0.2) is 0 Å². The van der Waals surface area contributed by atoms with Crippen LogP contribution in [0.25, 0.3) is 0 Å². The summed E-state index contributed by atoms with van der Waals surface area (Å²) in [5.41, 5.74) is 6.60. The monoisotopic (exact) mass is 407 g/mol. The average Bonchev–Trinajstić information content (AvgIpc) is 3.04. The number of unbranched alkanes of at least 4 members (excludes halogenated alkanes) is 1. The molecule has 0 radical (unpaired) electrons. The van der Waals surface area contributed by atoms with Gasteiger partial charge in [0.2, 0.25) is 0 Å². The highest BCUT2D eigenvalue weighted by Crippen LogP contribution is 2.38. The van der Waals surface area contributed by atoms with Crippen molar-refractivity contribution in [1.29, 1.82) is 0 Å². The predicted molar refractivity (Wildman–Crippen MR) is 124 cm³/mol. The summed E-state index contributed by atoms with van der Waals surface area (Å²) >= 11 is 1.90. The van der Waals surface area contributed by atoms with Crippen molar-refractivity contribution in [2.75, 3.05) is 0 Å². The second-order valence-corrected chi connectivity index (χ2v) is 8.56. The third-order valence-electron chi connectivity index (χ3n) is 5.27. The zero-order valence-electron chi connectivity index (χ0n) is 18.2. The number of hydrogen-bond acceptors (Lipinski definition) is 2. The van der Waals surface area contributed by atoms with E-state index in [1.807, 2.05) is 11.8 Å². The molecule has 3 heteroatoms. The van der Waals surface area contributed by atoms with E-state index in [0.717, 1.165) is 19.3 Å². The van der Waals surface area contributed by atoms with Crippen LogP contribution in [-0.2, 0) is 25.9 Å². The lowest BCUT2D eigenvalue weighted by molar-refractivity contribution is 0.0848. The van der Waals surface area contributed by atoms with Crippen molar-refractivity contribution >= 4 is 11.8 Å². The molecule has 154 valence electrons. The summed E-state index contributed by atoms with van der Waals surface area (Å²) in [6.07, 6.45) is 5.41. The maximum absolute atomic E-state index is 6.43. The molecule has 0 bridgehead atoms. The van der Waals surface area contributed by atoms with E-state index in [0.29, 0.717) is 6.61 Å². The molecule has 0 aliphatic rings. The van der Waals surface area contributed by atoms with Gasteiger partial charge in [-0.15, -0.1) is 0 Å². The number of rotatable bonds is 10. The van der Waals surface area contributed by atoms with Crippen LogP contribution in [0, 0.1) is 6.92 Å². The van der Waals surface area contributed by atoms with Gasteiger partial charge >= 0.3 is 0 Å². The first kappa shape index (κ1) is 21.6. The quantitative estimate of drug-likeness (QED) is 0.358. The van der Waals surface area contributed by atoms with Gasteiger partial charge in [0.05, 0.1) is 11.4 Å². The van der Waals surface area contributed by atoms with Gasteiger partial charge in [-0.05, 0) is 55.9 Å². The molecule has 0 aliphatic heterocycles. The molecule has 3 aromatic rings. The van der Waals surface area contributed by atoms with Crippen molar-refractivity contribution in [2.24, 2.45) is 0 Å². The van der Waals surface area contributed by atoms with Crippen molar-refractivity contribution in [3.8, 4) is 0 Å². The standard InChI is InChI=1S/C26H33NOS/c1-5-8-14-25-26(29-22-17-15-20(4)16-18-22)23(6-2)24(7-3)27(25)28-19-21-12-10-9-11-13-21/h9-13,15-18H,5-8,14,19H2,1-4H3. The Morgan fingerprint density at radius 1 is 0.862 bits per heavy atom. The summed E-state index contributed by atoms with van der Waals surface area (Å²) in [4.78, 5) is 9.12. The molecular formula is C26H33NOS. The number of benzene rings is 2. The number of aryl methyl sites for hydroxylation is 1. The highest BCUT2D eigenvalue weighted by atomic mass is 32.2. The summed E-state index contributed by atoms with van der Waals surface area (Å²) in [7, 11) is 0. The molecule has 0 spiro atoms. The van der Waals surface area contributed by atoms with Crippen LogP contribution in [0.2, 0.25) is 0 Å². The van der Waals surface area contributed by atoms with Gasteiger partial charge in [-0.1, -0.05) is 87.0 Å². The highest BCUT2D eigenvalue weighted by Gasteiger charge is 2.22. The molecule has 1 aromatic heterocycles. The molecule has 29 heavy (non-hydrogen) atoms. The Bertz CT molecular complexity index is 897. The first-order valence-electron chi connectivity index (χ1n) is 10.8. The van der Waals surface area contributed by atoms with Crippen molar-refractivity contribution < 1.29 is 4.84 Å². The van der Waals surface area contributed by atoms with Crippen LogP contribution in [0.5, 0.6) is 0 Å². The molecule has 0 aliphatic carbocycles. The van der Waals surface area contributed by atoms with Gasteiger partial charge in [0.25, 0.3) is 0 Å². The predicted octanol–water partition coefficient (Wildman–Crippen LogP) is 7.04. The molecule has 1 heterocycles. The fourth-order valence-electron chi connectivity index (χ4n) is 3.68. The minimum Gasteiger partial charge on any atom is -0.409 e. The number of aromatic nitrogens is 1. The summed E-state index contributed by atoms with van der Waals surface area (Å²) in [5.74, 6) is 0. The molecule has 0 amide bonds. The lowest BCUT2D eigenvalue weighted by Gasteiger charge is -2.15. The van der Waals surface area contributed by atoms with Crippen molar-refractivity contribution in [1.82, 2.24) is 4.73 Å². The van der Waals surface area contributed by atoms with Crippen LogP contribution >= 0.6 is 11.8 Å². The van der Waals surface area contributed by atoms with Crippen LogP contribution in [0.3, 0.4) is 0 Å². The molecule has 0 saturated heterocycles. The Morgan fingerprint density at radius 2 is 1.59 bits per heavy atom. The van der Waals surface area contributed by atoms with Crippen LogP contribution in [-0.4, -0.2) is 4.73 Å². The van der Waals surface area contributed by atoms with E-state index in [-0.39, 0.29) is 0 Å². The van der Waals surface area contributed by atoms with Crippen LogP contribution in [0.15, 0.2) is 64.4 Å². The van der Waals surface area contributed by atoms with E-state index in [1.54, 1.807) is 0 Å². The first-order chi connectivity index (χ1) is 14.2. The molecule has 2 nitrogen and oxygen atoms in total. The van der Waals surface area contributed by atoms with E-state index in [2.05, 4.69) is 87.0 Å². The molecule has 0 N–H and O–H groups in total. The van der Waals surface area contributed by atoms with Crippen molar-refractivity contribution in [2.45, 2.75) is 76.2 Å². The zero-order chi connectivity index (χ0) is 20.6. The van der Waals surface area contributed by atoms with Gasteiger partial charge in [0, 0.05) is 9.79 Å². The van der Waals surface area contributed by atoms with Crippen molar-refractivity contribution in [3.05, 3.63) is 82.7 Å². The minimum atomic E-state index is 0.597. The second kappa shape index (κ2) is 10.6. The molecule has 2 aromatic carbocycles. The first-order valence-corrected chi connectivity index (χ1v) is 11.7. The van der Waals surface area contributed by atoms with E-state index in [4.69, 9.17) is 4.84 Å². The van der Waals surface area contributed by atoms with Crippen LogP contribution in [0.4, 0.5) is 0 Å². The van der Waals surface area contributed by atoms with E-state index >= 15 is 0 Å². The molecule has 3 rings (SSSR count). The average molecular weight is 408 g/mol. The summed E-state index contributed by atoms with van der Waals surface area (Å²) in [6, 6.07) is 19.3. The second-order valence-electron chi connectivity index (χ2n) is 7.48. The lowest BCUT2D eigenvalue weighted by Crippen LogP contribution is -2.17. The van der Waals surface area contributed by atoms with Gasteiger partial charge in [-0.2, -0.15) is 4.73 Å². The third-order valence-corrected chi connectivity index (χ3v) is 6.47. The molecule has 0 unspecified atom stereocenters. The molecule has 0 fully saturated rings. The zero-order valence-corrected chi connectivity index (χ0v) is 19.0. The SMILES string of the molecule is CCCCc1c(Sc2ccc(C)cc2)c(CC)c(CC)n1OCc1ccccc1. The maximum atomic E-state index is 6.43. The van der Waals surface area contributed by atoms with Gasteiger partial charge < -0.3 is 4.84 Å².